The maximum absolute atomic E-state index is 12.0. The third kappa shape index (κ3) is 3.38. The monoisotopic (exact) mass is 289 g/mol. The van der Waals surface area contributed by atoms with Crippen molar-refractivity contribution in [1.29, 1.82) is 0 Å². The summed E-state index contributed by atoms with van der Waals surface area (Å²) >= 11 is 6.03. The van der Waals surface area contributed by atoms with Gasteiger partial charge in [0.25, 0.3) is 5.91 Å². The summed E-state index contributed by atoms with van der Waals surface area (Å²) in [5.74, 6) is 4.94. The molecule has 2 aromatic rings. The van der Waals surface area contributed by atoms with Crippen molar-refractivity contribution >= 4 is 23.2 Å². The zero-order valence-corrected chi connectivity index (χ0v) is 11.5. The number of rotatable bonds is 2. The molecule has 0 bridgehead atoms. The Hall–Kier alpha value is -2.29. The van der Waals surface area contributed by atoms with Crippen LogP contribution in [-0.2, 0) is 7.05 Å². The lowest BCUT2D eigenvalue weighted by Crippen LogP contribution is -2.12. The summed E-state index contributed by atoms with van der Waals surface area (Å²) in [5, 5.41) is 11.8. The van der Waals surface area contributed by atoms with E-state index in [1.807, 2.05) is 0 Å². The minimum atomic E-state index is -0.347. The molecule has 1 amide bonds. The number of imidazole rings is 1. The number of aromatic nitrogens is 2. The van der Waals surface area contributed by atoms with Crippen molar-refractivity contribution < 1.29 is 9.90 Å². The predicted molar refractivity (Wildman–Crippen MR) is 76.6 cm³/mol. The lowest BCUT2D eigenvalue weighted by molar-refractivity contribution is 0.102. The lowest BCUT2D eigenvalue weighted by atomic mass is 10.2. The highest BCUT2D eigenvalue weighted by molar-refractivity contribution is 6.33. The van der Waals surface area contributed by atoms with Crippen molar-refractivity contribution in [2.45, 2.75) is 0 Å². The third-order valence-electron chi connectivity index (χ3n) is 2.46. The van der Waals surface area contributed by atoms with E-state index < -0.39 is 0 Å². The molecule has 0 saturated carbocycles. The molecule has 0 radical (unpaired) electrons. The Morgan fingerprint density at radius 2 is 2.35 bits per heavy atom. The largest absolute Gasteiger partial charge is 0.384 e. The van der Waals surface area contributed by atoms with Crippen LogP contribution < -0.4 is 5.32 Å². The molecule has 2 rings (SSSR count). The smallest absolute Gasteiger partial charge is 0.275 e. The summed E-state index contributed by atoms with van der Waals surface area (Å²) < 4.78 is 1.68. The van der Waals surface area contributed by atoms with Gasteiger partial charge in [-0.15, -0.1) is 0 Å². The first-order valence-electron chi connectivity index (χ1n) is 5.79. The van der Waals surface area contributed by atoms with Gasteiger partial charge >= 0.3 is 0 Å². The van der Waals surface area contributed by atoms with Gasteiger partial charge in [0.2, 0.25) is 0 Å². The second-order valence-corrected chi connectivity index (χ2v) is 4.44. The number of amides is 1. The maximum Gasteiger partial charge on any atom is 0.275 e. The summed E-state index contributed by atoms with van der Waals surface area (Å²) in [7, 11) is 1.78. The van der Waals surface area contributed by atoms with Gasteiger partial charge in [-0.2, -0.15) is 0 Å². The SMILES string of the molecule is Cn1cnc(C(=O)Nc2cc(C#CCO)ccc2Cl)c1. The second kappa shape index (κ2) is 6.24. The number of carbonyl (C=O) groups excluding carboxylic acids is 1. The van der Waals surface area contributed by atoms with Crippen LogP contribution in [-0.4, -0.2) is 27.2 Å². The molecule has 0 aliphatic carbocycles. The summed E-state index contributed by atoms with van der Waals surface area (Å²) in [4.78, 5) is 15.9. The van der Waals surface area contributed by atoms with Gasteiger partial charge in [-0.05, 0) is 18.2 Å². The summed E-state index contributed by atoms with van der Waals surface area (Å²) in [5.41, 5.74) is 1.40. The quantitative estimate of drug-likeness (QED) is 0.827. The van der Waals surface area contributed by atoms with Crippen LogP contribution in [0.1, 0.15) is 16.1 Å². The van der Waals surface area contributed by atoms with Crippen LogP contribution in [0.3, 0.4) is 0 Å². The number of hydrogen-bond donors (Lipinski definition) is 2. The average molecular weight is 290 g/mol. The van der Waals surface area contributed by atoms with E-state index in [2.05, 4.69) is 22.1 Å². The minimum absolute atomic E-state index is 0.224. The number of aliphatic hydroxyl groups is 1. The normalized spacial score (nSPS) is 9.75. The topological polar surface area (TPSA) is 67.2 Å². The molecule has 0 atom stereocenters. The first-order valence-corrected chi connectivity index (χ1v) is 6.16. The standard InChI is InChI=1S/C14H12ClN3O2/c1-18-8-13(16-9-18)14(20)17-12-7-10(3-2-6-19)4-5-11(12)15/h4-5,7-9,19H,6H2,1H3,(H,17,20). The molecule has 1 aromatic carbocycles. The van der Waals surface area contributed by atoms with Gasteiger partial charge in [0.15, 0.2) is 0 Å². The summed E-state index contributed by atoms with van der Waals surface area (Å²) in [6, 6.07) is 4.99. The highest BCUT2D eigenvalue weighted by Crippen LogP contribution is 2.23. The number of aryl methyl sites for hydroxylation is 1. The lowest BCUT2D eigenvalue weighted by Gasteiger charge is -2.06. The molecule has 0 unspecified atom stereocenters. The van der Waals surface area contributed by atoms with E-state index in [9.17, 15) is 4.79 Å². The van der Waals surface area contributed by atoms with Crippen LogP contribution in [0.2, 0.25) is 5.02 Å². The van der Waals surface area contributed by atoms with Gasteiger partial charge in [-0.1, -0.05) is 23.4 Å². The molecule has 6 heteroatoms. The van der Waals surface area contributed by atoms with Gasteiger partial charge in [-0.25, -0.2) is 4.98 Å². The fourth-order valence-corrected chi connectivity index (χ4v) is 1.72. The van der Waals surface area contributed by atoms with E-state index >= 15 is 0 Å². The minimum Gasteiger partial charge on any atom is -0.384 e. The predicted octanol–water partition coefficient (Wildman–Crippen LogP) is 1.67. The number of halogens is 1. The van der Waals surface area contributed by atoms with E-state index in [1.165, 1.54) is 0 Å². The van der Waals surface area contributed by atoms with Crippen LogP contribution in [0.4, 0.5) is 5.69 Å². The number of anilines is 1. The number of benzene rings is 1. The Labute approximate surface area is 121 Å². The molecule has 5 nitrogen and oxygen atoms in total. The third-order valence-corrected chi connectivity index (χ3v) is 2.79. The van der Waals surface area contributed by atoms with Crippen molar-refractivity contribution in [2.24, 2.45) is 7.05 Å². The zero-order chi connectivity index (χ0) is 14.5. The van der Waals surface area contributed by atoms with Crippen molar-refractivity contribution in [3.05, 3.63) is 47.0 Å². The first-order chi connectivity index (χ1) is 9.60. The Bertz CT molecular complexity index is 698. The number of hydrogen-bond acceptors (Lipinski definition) is 3. The second-order valence-electron chi connectivity index (χ2n) is 4.03. The fourth-order valence-electron chi connectivity index (χ4n) is 1.56. The highest BCUT2D eigenvalue weighted by Gasteiger charge is 2.11. The Morgan fingerprint density at radius 1 is 1.55 bits per heavy atom. The zero-order valence-electron chi connectivity index (χ0n) is 10.7. The highest BCUT2D eigenvalue weighted by atomic mass is 35.5. The molecule has 0 fully saturated rings. The molecular weight excluding hydrogens is 278 g/mol. The molecule has 1 aromatic heterocycles. The molecule has 2 N–H and O–H groups in total. The van der Waals surface area contributed by atoms with Crippen molar-refractivity contribution in [1.82, 2.24) is 9.55 Å². The molecule has 102 valence electrons. The van der Waals surface area contributed by atoms with Crippen molar-refractivity contribution in [3.8, 4) is 11.8 Å². The molecule has 1 heterocycles. The first kappa shape index (κ1) is 14.1. The van der Waals surface area contributed by atoms with Crippen molar-refractivity contribution in [2.75, 3.05) is 11.9 Å². The average Bonchev–Trinajstić information content (AvgIpc) is 2.86. The molecule has 0 saturated heterocycles. The van der Waals surface area contributed by atoms with Gasteiger partial charge < -0.3 is 15.0 Å². The van der Waals surface area contributed by atoms with E-state index in [0.717, 1.165) is 0 Å². The van der Waals surface area contributed by atoms with Gasteiger partial charge in [0, 0.05) is 18.8 Å². The number of nitrogens with one attached hydrogen (secondary N) is 1. The molecule has 0 spiro atoms. The number of carbonyl (C=O) groups is 1. The van der Waals surface area contributed by atoms with Crippen LogP contribution in [0.5, 0.6) is 0 Å². The summed E-state index contributed by atoms with van der Waals surface area (Å²) in [6.45, 7) is -0.224. The van der Waals surface area contributed by atoms with Crippen molar-refractivity contribution in [3.63, 3.8) is 0 Å². The van der Waals surface area contributed by atoms with E-state index in [4.69, 9.17) is 16.7 Å². The van der Waals surface area contributed by atoms with Gasteiger partial charge in [0.05, 0.1) is 17.0 Å². The maximum atomic E-state index is 12.0. The number of nitrogens with zero attached hydrogens (tertiary/aromatic N) is 2. The van der Waals surface area contributed by atoms with Crippen LogP contribution >= 0.6 is 11.6 Å². The molecule has 0 aliphatic heterocycles. The molecule has 20 heavy (non-hydrogen) atoms. The molecule has 0 aliphatic rings. The molecular formula is C14H12ClN3O2. The summed E-state index contributed by atoms with van der Waals surface area (Å²) in [6.07, 6.45) is 3.15. The Morgan fingerprint density at radius 3 is 3.00 bits per heavy atom. The number of aliphatic hydroxyl groups excluding tert-OH is 1. The van der Waals surface area contributed by atoms with Crippen LogP contribution in [0.25, 0.3) is 0 Å². The van der Waals surface area contributed by atoms with E-state index in [-0.39, 0.29) is 12.5 Å². The van der Waals surface area contributed by atoms with E-state index in [1.54, 1.807) is 42.3 Å². The fraction of sp³-hybridized carbons (Fsp3) is 0.143. The Balaban J connectivity index is 2.22. The van der Waals surface area contributed by atoms with Crippen LogP contribution in [0.15, 0.2) is 30.7 Å². The van der Waals surface area contributed by atoms with E-state index in [0.29, 0.717) is 22.0 Å². The van der Waals surface area contributed by atoms with Gasteiger partial charge in [0.1, 0.15) is 12.3 Å². The van der Waals surface area contributed by atoms with Crippen LogP contribution in [0, 0.1) is 11.8 Å². The Kier molecular flexibility index (Phi) is 4.41. The van der Waals surface area contributed by atoms with Gasteiger partial charge in [-0.3, -0.25) is 4.79 Å².